The third-order valence-electron chi connectivity index (χ3n) is 3.69. The zero-order valence-corrected chi connectivity index (χ0v) is 11.9. The first kappa shape index (κ1) is 14.8. The monoisotopic (exact) mass is 258 g/mol. The van der Waals surface area contributed by atoms with E-state index in [-0.39, 0.29) is 11.8 Å². The van der Waals surface area contributed by atoms with E-state index >= 15 is 0 Å². The maximum Gasteiger partial charge on any atom is 0.223 e. The fourth-order valence-corrected chi connectivity index (χ4v) is 2.98. The van der Waals surface area contributed by atoms with Gasteiger partial charge >= 0.3 is 0 Å². The number of hydrogen-bond acceptors (Lipinski definition) is 3. The number of nitrogens with one attached hydrogen (secondary N) is 1. The lowest BCUT2D eigenvalue weighted by Gasteiger charge is -2.27. The van der Waals surface area contributed by atoms with Gasteiger partial charge < -0.3 is 11.1 Å². The predicted molar refractivity (Wildman–Crippen MR) is 75.1 cm³/mol. The lowest BCUT2D eigenvalue weighted by Crippen LogP contribution is -2.39. The molecule has 17 heavy (non-hydrogen) atoms. The van der Waals surface area contributed by atoms with Gasteiger partial charge in [-0.05, 0) is 63.5 Å². The van der Waals surface area contributed by atoms with Crippen molar-refractivity contribution in [2.45, 2.75) is 45.1 Å². The Balaban J connectivity index is 2.24. The number of nitrogens with two attached hydrogens (primary N) is 1. The van der Waals surface area contributed by atoms with Gasteiger partial charge in [0.1, 0.15) is 0 Å². The van der Waals surface area contributed by atoms with Crippen LogP contribution in [0.15, 0.2) is 0 Å². The van der Waals surface area contributed by atoms with Crippen molar-refractivity contribution in [1.82, 2.24) is 5.32 Å². The van der Waals surface area contributed by atoms with Gasteiger partial charge in [-0.3, -0.25) is 4.79 Å². The molecule has 1 rings (SSSR count). The molecule has 0 aromatic heterocycles. The first-order chi connectivity index (χ1) is 8.17. The van der Waals surface area contributed by atoms with Gasteiger partial charge in [-0.25, -0.2) is 0 Å². The maximum atomic E-state index is 12.0. The Labute approximate surface area is 109 Å². The summed E-state index contributed by atoms with van der Waals surface area (Å²) in [6.45, 7) is 2.87. The van der Waals surface area contributed by atoms with Crippen LogP contribution in [0.25, 0.3) is 0 Å². The minimum atomic E-state index is 0.231. The zero-order chi connectivity index (χ0) is 12.7. The molecule has 1 unspecified atom stereocenters. The third kappa shape index (κ3) is 5.30. The van der Waals surface area contributed by atoms with Crippen LogP contribution in [0.5, 0.6) is 0 Å². The van der Waals surface area contributed by atoms with Gasteiger partial charge in [0.2, 0.25) is 5.91 Å². The average Bonchev–Trinajstić information content (AvgIpc) is 2.36. The largest absolute Gasteiger partial charge is 0.353 e. The lowest BCUT2D eigenvalue weighted by atomic mass is 9.81. The molecule has 0 saturated heterocycles. The molecule has 1 aliphatic rings. The summed E-state index contributed by atoms with van der Waals surface area (Å²) in [4.78, 5) is 12.0. The molecule has 1 amide bonds. The van der Waals surface area contributed by atoms with Gasteiger partial charge in [0, 0.05) is 12.0 Å². The molecule has 3 N–H and O–H groups in total. The molecule has 0 radical (unpaired) electrons. The van der Waals surface area contributed by atoms with E-state index in [1.54, 1.807) is 0 Å². The molecule has 4 heteroatoms. The van der Waals surface area contributed by atoms with Gasteiger partial charge in [0.05, 0.1) is 0 Å². The highest BCUT2D eigenvalue weighted by Crippen LogP contribution is 2.28. The van der Waals surface area contributed by atoms with Crippen LogP contribution >= 0.6 is 11.8 Å². The van der Waals surface area contributed by atoms with Crippen LogP contribution in [0, 0.1) is 11.8 Å². The predicted octanol–water partition coefficient (Wildman–Crippen LogP) is 2.01. The summed E-state index contributed by atoms with van der Waals surface area (Å²) in [7, 11) is 0. The molecule has 0 aromatic carbocycles. The molecule has 100 valence electrons. The number of thioether (sulfide) groups is 1. The van der Waals surface area contributed by atoms with E-state index in [1.165, 1.54) is 0 Å². The Hall–Kier alpha value is -0.220. The molecule has 1 aliphatic carbocycles. The number of carbonyl (C=O) groups excluding carboxylic acids is 1. The van der Waals surface area contributed by atoms with Crippen molar-refractivity contribution >= 4 is 17.7 Å². The van der Waals surface area contributed by atoms with E-state index in [9.17, 15) is 4.79 Å². The van der Waals surface area contributed by atoms with Crippen molar-refractivity contribution in [3.8, 4) is 0 Å². The first-order valence-electron chi connectivity index (χ1n) is 6.66. The second-order valence-corrected chi connectivity index (χ2v) is 6.13. The van der Waals surface area contributed by atoms with Crippen molar-refractivity contribution in [2.75, 3.05) is 18.6 Å². The summed E-state index contributed by atoms with van der Waals surface area (Å²) in [6.07, 6.45) is 7.43. The highest BCUT2D eigenvalue weighted by Gasteiger charge is 2.26. The second-order valence-electron chi connectivity index (χ2n) is 5.14. The van der Waals surface area contributed by atoms with Gasteiger partial charge in [-0.1, -0.05) is 0 Å². The molecule has 0 heterocycles. The zero-order valence-electron chi connectivity index (χ0n) is 11.1. The molecule has 0 aliphatic heterocycles. The summed E-state index contributed by atoms with van der Waals surface area (Å²) in [5, 5.41) is 3.13. The Morgan fingerprint density at radius 1 is 1.41 bits per heavy atom. The van der Waals surface area contributed by atoms with Crippen molar-refractivity contribution in [3.63, 3.8) is 0 Å². The van der Waals surface area contributed by atoms with Gasteiger partial charge in [-0.15, -0.1) is 0 Å². The number of amides is 1. The van der Waals surface area contributed by atoms with Crippen LogP contribution in [0.2, 0.25) is 0 Å². The molecule has 1 atom stereocenters. The van der Waals surface area contributed by atoms with Crippen LogP contribution < -0.4 is 11.1 Å². The summed E-state index contributed by atoms with van der Waals surface area (Å²) in [5.74, 6) is 2.25. The SMILES string of the molecule is CSCCC(C)NC(=O)C1CCC(CN)CC1. The molecule has 0 bridgehead atoms. The quantitative estimate of drug-likeness (QED) is 0.766. The number of rotatable bonds is 6. The van der Waals surface area contributed by atoms with Gasteiger partial charge in [0.15, 0.2) is 0 Å². The molecule has 1 fully saturated rings. The normalized spacial score (nSPS) is 26.5. The molecule has 0 aromatic rings. The molecule has 1 saturated carbocycles. The van der Waals surface area contributed by atoms with Crippen molar-refractivity contribution < 1.29 is 4.79 Å². The van der Waals surface area contributed by atoms with E-state index in [0.29, 0.717) is 12.0 Å². The maximum absolute atomic E-state index is 12.0. The van der Waals surface area contributed by atoms with Gasteiger partial charge in [-0.2, -0.15) is 11.8 Å². The van der Waals surface area contributed by atoms with E-state index in [4.69, 9.17) is 5.73 Å². The average molecular weight is 258 g/mol. The van der Waals surface area contributed by atoms with E-state index < -0.39 is 0 Å². The van der Waals surface area contributed by atoms with Gasteiger partial charge in [0.25, 0.3) is 0 Å². The van der Waals surface area contributed by atoms with Crippen molar-refractivity contribution in [1.29, 1.82) is 0 Å². The molecule has 0 spiro atoms. The van der Waals surface area contributed by atoms with Crippen LogP contribution in [0.1, 0.15) is 39.0 Å². The van der Waals surface area contributed by atoms with Crippen LogP contribution in [-0.2, 0) is 4.79 Å². The topological polar surface area (TPSA) is 55.1 Å². The molecular formula is C13H26N2OS. The van der Waals surface area contributed by atoms with Crippen molar-refractivity contribution in [2.24, 2.45) is 17.6 Å². The van der Waals surface area contributed by atoms with E-state index in [2.05, 4.69) is 18.5 Å². The summed E-state index contributed by atoms with van der Waals surface area (Å²) >= 11 is 1.83. The summed E-state index contributed by atoms with van der Waals surface area (Å²) in [5.41, 5.74) is 5.66. The summed E-state index contributed by atoms with van der Waals surface area (Å²) in [6, 6.07) is 0.308. The Kier molecular flexibility index (Phi) is 6.97. The van der Waals surface area contributed by atoms with Crippen LogP contribution in [-0.4, -0.2) is 30.5 Å². The minimum Gasteiger partial charge on any atom is -0.353 e. The second kappa shape index (κ2) is 7.98. The highest BCUT2D eigenvalue weighted by atomic mass is 32.2. The van der Waals surface area contributed by atoms with E-state index in [0.717, 1.165) is 44.4 Å². The third-order valence-corrected chi connectivity index (χ3v) is 4.34. The Morgan fingerprint density at radius 3 is 2.59 bits per heavy atom. The smallest absolute Gasteiger partial charge is 0.223 e. The fourth-order valence-electron chi connectivity index (χ4n) is 2.39. The Morgan fingerprint density at radius 2 is 2.06 bits per heavy atom. The van der Waals surface area contributed by atoms with Crippen LogP contribution in [0.3, 0.4) is 0 Å². The molecule has 3 nitrogen and oxygen atoms in total. The first-order valence-corrected chi connectivity index (χ1v) is 8.06. The standard InChI is InChI=1S/C13H26N2OS/c1-10(7-8-17-2)15-13(16)12-5-3-11(9-14)4-6-12/h10-12H,3-9,14H2,1-2H3,(H,15,16). The highest BCUT2D eigenvalue weighted by molar-refractivity contribution is 7.98. The lowest BCUT2D eigenvalue weighted by molar-refractivity contribution is -0.126. The Bertz CT molecular complexity index is 227. The molecular weight excluding hydrogens is 232 g/mol. The number of carbonyl (C=O) groups is 1. The van der Waals surface area contributed by atoms with E-state index in [1.807, 2.05) is 11.8 Å². The fraction of sp³-hybridized carbons (Fsp3) is 0.923. The van der Waals surface area contributed by atoms with Crippen molar-refractivity contribution in [3.05, 3.63) is 0 Å². The minimum absolute atomic E-state index is 0.231. The number of hydrogen-bond donors (Lipinski definition) is 2. The van der Waals surface area contributed by atoms with Crippen LogP contribution in [0.4, 0.5) is 0 Å². The summed E-state index contributed by atoms with van der Waals surface area (Å²) < 4.78 is 0.